The van der Waals surface area contributed by atoms with Crippen LogP contribution in [0.4, 0.5) is 0 Å². The number of hydrogen-bond donors (Lipinski definition) is 1. The number of benzene rings is 1. The predicted octanol–water partition coefficient (Wildman–Crippen LogP) is 3.09. The first kappa shape index (κ1) is 16.3. The number of rotatable bonds is 6. The topological polar surface area (TPSA) is 57.2 Å². The number of pyridine rings is 1. The molecule has 0 amide bonds. The van der Waals surface area contributed by atoms with Crippen LogP contribution in [-0.4, -0.2) is 11.7 Å². The third-order valence-electron chi connectivity index (χ3n) is 3.90. The molecular formula is C18H24N2O2. The van der Waals surface area contributed by atoms with Gasteiger partial charge in [0.15, 0.2) is 0 Å². The molecule has 2 aromatic rings. The molecule has 1 aromatic heterocycles. The molecule has 118 valence electrons. The highest BCUT2D eigenvalue weighted by molar-refractivity contribution is 5.62. The molecule has 1 heterocycles. The molecule has 4 nitrogen and oxygen atoms in total. The van der Waals surface area contributed by atoms with Gasteiger partial charge in [-0.2, -0.15) is 0 Å². The van der Waals surface area contributed by atoms with Crippen LogP contribution in [0.3, 0.4) is 0 Å². The molecule has 22 heavy (non-hydrogen) atoms. The van der Waals surface area contributed by atoms with E-state index in [1.807, 2.05) is 35.8 Å². The van der Waals surface area contributed by atoms with Crippen LogP contribution in [0.1, 0.15) is 30.9 Å². The van der Waals surface area contributed by atoms with Crippen molar-refractivity contribution in [3.05, 3.63) is 51.8 Å². The van der Waals surface area contributed by atoms with Crippen LogP contribution in [-0.2, 0) is 13.1 Å². The summed E-state index contributed by atoms with van der Waals surface area (Å²) in [5.41, 5.74) is 9.35. The molecule has 2 rings (SSSR count). The summed E-state index contributed by atoms with van der Waals surface area (Å²) >= 11 is 0. The zero-order valence-electron chi connectivity index (χ0n) is 13.6. The van der Waals surface area contributed by atoms with E-state index in [0.717, 1.165) is 35.4 Å². The lowest BCUT2D eigenvalue weighted by Gasteiger charge is -2.15. The van der Waals surface area contributed by atoms with Crippen LogP contribution < -0.4 is 16.0 Å². The van der Waals surface area contributed by atoms with Gasteiger partial charge in [0, 0.05) is 18.7 Å². The molecule has 1 aromatic carbocycles. The van der Waals surface area contributed by atoms with Gasteiger partial charge in [-0.25, -0.2) is 0 Å². The third-order valence-corrected chi connectivity index (χ3v) is 3.90. The Bertz CT molecular complexity index is 705. The molecule has 2 N–H and O–H groups in total. The van der Waals surface area contributed by atoms with Crippen LogP contribution >= 0.6 is 0 Å². The lowest BCUT2D eigenvalue weighted by Crippen LogP contribution is -2.26. The lowest BCUT2D eigenvalue weighted by atomic mass is 10.1. The Balaban J connectivity index is 2.56. The Kier molecular flexibility index (Phi) is 5.39. The summed E-state index contributed by atoms with van der Waals surface area (Å²) in [6.07, 6.45) is 2.01. The Morgan fingerprint density at radius 1 is 1.23 bits per heavy atom. The van der Waals surface area contributed by atoms with Gasteiger partial charge in [0.25, 0.3) is 5.56 Å². The highest BCUT2D eigenvalue weighted by Gasteiger charge is 2.11. The second-order valence-electron chi connectivity index (χ2n) is 5.44. The number of aryl methyl sites for hydroxylation is 1. The van der Waals surface area contributed by atoms with Gasteiger partial charge in [-0.15, -0.1) is 0 Å². The number of aromatic nitrogens is 1. The summed E-state index contributed by atoms with van der Waals surface area (Å²) in [6.45, 7) is 5.11. The minimum absolute atomic E-state index is 0.0157. The predicted molar refractivity (Wildman–Crippen MR) is 90.2 cm³/mol. The quantitative estimate of drug-likeness (QED) is 0.892. The van der Waals surface area contributed by atoms with E-state index in [9.17, 15) is 4.79 Å². The fourth-order valence-electron chi connectivity index (χ4n) is 2.61. The van der Waals surface area contributed by atoms with Crippen LogP contribution in [0, 0.1) is 6.92 Å². The van der Waals surface area contributed by atoms with Crippen LogP contribution in [0.15, 0.2) is 35.1 Å². The Labute approximate surface area is 131 Å². The molecule has 0 unspecified atom stereocenters. The zero-order valence-corrected chi connectivity index (χ0v) is 13.6. The van der Waals surface area contributed by atoms with Gasteiger partial charge in [-0.05, 0) is 48.7 Å². The van der Waals surface area contributed by atoms with Crippen LogP contribution in [0.25, 0.3) is 11.3 Å². The summed E-state index contributed by atoms with van der Waals surface area (Å²) in [7, 11) is 1.66. The monoisotopic (exact) mass is 300 g/mol. The molecule has 0 bridgehead atoms. The Morgan fingerprint density at radius 3 is 2.59 bits per heavy atom. The van der Waals surface area contributed by atoms with E-state index in [4.69, 9.17) is 10.5 Å². The average Bonchev–Trinajstić information content (AvgIpc) is 2.53. The SMILES string of the molecule is CCCCn1c(-c2ccc(OC)c(C)c2)ccc(CN)c1=O. The molecule has 0 aliphatic heterocycles. The van der Waals surface area contributed by atoms with Crippen LogP contribution in [0.5, 0.6) is 5.75 Å². The zero-order chi connectivity index (χ0) is 16.1. The number of nitrogens with two attached hydrogens (primary N) is 1. The summed E-state index contributed by atoms with van der Waals surface area (Å²) in [5, 5.41) is 0. The summed E-state index contributed by atoms with van der Waals surface area (Å²) < 4.78 is 7.15. The van der Waals surface area contributed by atoms with Crippen molar-refractivity contribution < 1.29 is 4.74 Å². The van der Waals surface area contributed by atoms with E-state index in [1.54, 1.807) is 7.11 Å². The van der Waals surface area contributed by atoms with Crippen molar-refractivity contribution in [1.82, 2.24) is 4.57 Å². The maximum absolute atomic E-state index is 12.6. The van der Waals surface area contributed by atoms with Gasteiger partial charge in [-0.3, -0.25) is 4.79 Å². The van der Waals surface area contributed by atoms with Gasteiger partial charge in [0.1, 0.15) is 5.75 Å². The van der Waals surface area contributed by atoms with E-state index in [2.05, 4.69) is 13.0 Å². The molecule has 0 aliphatic carbocycles. The summed E-state index contributed by atoms with van der Waals surface area (Å²) in [6, 6.07) is 9.81. The van der Waals surface area contributed by atoms with E-state index in [-0.39, 0.29) is 12.1 Å². The summed E-state index contributed by atoms with van der Waals surface area (Å²) in [4.78, 5) is 12.6. The average molecular weight is 300 g/mol. The van der Waals surface area contributed by atoms with Gasteiger partial charge in [0.2, 0.25) is 0 Å². The fraction of sp³-hybridized carbons (Fsp3) is 0.389. The van der Waals surface area contributed by atoms with E-state index >= 15 is 0 Å². The molecule has 0 aliphatic rings. The largest absolute Gasteiger partial charge is 0.496 e. The number of ether oxygens (including phenoxy) is 1. The molecule has 0 fully saturated rings. The molecule has 0 saturated heterocycles. The van der Waals surface area contributed by atoms with Crippen molar-refractivity contribution in [2.24, 2.45) is 5.73 Å². The molecule has 0 atom stereocenters. The minimum Gasteiger partial charge on any atom is -0.496 e. The fourth-order valence-corrected chi connectivity index (χ4v) is 2.61. The highest BCUT2D eigenvalue weighted by atomic mass is 16.5. The second kappa shape index (κ2) is 7.27. The van der Waals surface area contributed by atoms with Gasteiger partial charge in [-0.1, -0.05) is 19.4 Å². The van der Waals surface area contributed by atoms with Crippen molar-refractivity contribution >= 4 is 0 Å². The van der Waals surface area contributed by atoms with Crippen molar-refractivity contribution in [2.45, 2.75) is 39.8 Å². The molecule has 0 radical (unpaired) electrons. The van der Waals surface area contributed by atoms with Crippen molar-refractivity contribution in [3.63, 3.8) is 0 Å². The lowest BCUT2D eigenvalue weighted by molar-refractivity contribution is 0.412. The van der Waals surface area contributed by atoms with E-state index in [0.29, 0.717) is 12.1 Å². The first-order chi connectivity index (χ1) is 10.6. The second-order valence-corrected chi connectivity index (χ2v) is 5.44. The minimum atomic E-state index is 0.0157. The summed E-state index contributed by atoms with van der Waals surface area (Å²) in [5.74, 6) is 0.852. The Hall–Kier alpha value is -2.07. The number of hydrogen-bond acceptors (Lipinski definition) is 3. The maximum atomic E-state index is 12.6. The standard InChI is InChI=1S/C18H24N2O2/c1-4-5-10-20-16(8-6-15(12-19)18(20)21)14-7-9-17(22-3)13(2)11-14/h6-9,11H,4-5,10,12,19H2,1-3H3. The van der Waals surface area contributed by atoms with Crippen molar-refractivity contribution in [1.29, 1.82) is 0 Å². The molecule has 0 spiro atoms. The van der Waals surface area contributed by atoms with E-state index < -0.39 is 0 Å². The normalized spacial score (nSPS) is 10.7. The highest BCUT2D eigenvalue weighted by Crippen LogP contribution is 2.25. The smallest absolute Gasteiger partial charge is 0.255 e. The maximum Gasteiger partial charge on any atom is 0.255 e. The Morgan fingerprint density at radius 2 is 2.00 bits per heavy atom. The molecule has 0 saturated carbocycles. The number of nitrogens with zero attached hydrogens (tertiary/aromatic N) is 1. The number of unbranched alkanes of at least 4 members (excludes halogenated alkanes) is 1. The third kappa shape index (κ3) is 3.22. The van der Waals surface area contributed by atoms with E-state index in [1.165, 1.54) is 0 Å². The molecule has 4 heteroatoms. The van der Waals surface area contributed by atoms with Gasteiger partial charge < -0.3 is 15.0 Å². The van der Waals surface area contributed by atoms with Crippen LogP contribution in [0.2, 0.25) is 0 Å². The van der Waals surface area contributed by atoms with Gasteiger partial charge >= 0.3 is 0 Å². The first-order valence-corrected chi connectivity index (χ1v) is 7.70. The first-order valence-electron chi connectivity index (χ1n) is 7.70. The molecular weight excluding hydrogens is 276 g/mol. The van der Waals surface area contributed by atoms with Gasteiger partial charge in [0.05, 0.1) is 12.8 Å². The van der Waals surface area contributed by atoms with Crippen molar-refractivity contribution in [3.8, 4) is 17.0 Å². The number of methoxy groups -OCH3 is 1. The van der Waals surface area contributed by atoms with Crippen molar-refractivity contribution in [2.75, 3.05) is 7.11 Å².